The number of benzene rings is 4. The van der Waals surface area contributed by atoms with E-state index in [0.717, 1.165) is 48.4 Å². The van der Waals surface area contributed by atoms with Crippen molar-refractivity contribution in [2.45, 2.75) is 51.1 Å². The summed E-state index contributed by atoms with van der Waals surface area (Å²) in [6.45, 7) is 12.0. The first-order valence-electron chi connectivity index (χ1n) is 29.5. The highest BCUT2D eigenvalue weighted by Gasteiger charge is 2.36. The van der Waals surface area contributed by atoms with E-state index >= 15 is 0 Å². The standard InChI is InChI=1S/C33H37FN6O5.C31H33FN6O5/c1-21-17-39(18-22(2)45-21)19-26(41)20-44-28-10-9-27-29(30(28)43-15-11-23-5-7-25(34)8-6-23)37-33(40-14-13-36-31(27)40)38-32(42)24-4-3-12-35-16-24;32-23-5-3-21(4-6-23)9-15-42-28-26(43-20-24(39)19-37-13-16-41-17-14-37)8-7-25-27(28)35-31(38-12-11-34-29(25)38)36-30(40)22-2-1-10-33-18-22/h3-10,12,16,21-22,26,41H,11,13-15,17-20H2,1-2H3,(H,37,38,42);1-8,10,18,24,39H,9,11-17,19-20H2,(H,35,36,40)/t21-,22+,26-;/m1./s1. The fraction of sp³-hybridized carbons (Fsp3) is 0.375. The lowest BCUT2D eigenvalue weighted by molar-refractivity contribution is -0.0787. The molecule has 0 bridgehead atoms. The third-order valence-corrected chi connectivity index (χ3v) is 15.1. The number of aliphatic hydroxyl groups excluding tert-OH is 2. The Bertz CT molecular complexity index is 3510. The second kappa shape index (κ2) is 28.8. The van der Waals surface area contributed by atoms with Gasteiger partial charge in [0.1, 0.15) is 60.1 Å². The molecule has 4 aromatic carbocycles. The Morgan fingerprint density at radius 2 is 1.06 bits per heavy atom. The molecule has 6 aromatic rings. The van der Waals surface area contributed by atoms with Crippen molar-refractivity contribution in [1.29, 1.82) is 0 Å². The van der Waals surface area contributed by atoms with Gasteiger partial charge in [0.2, 0.25) is 11.9 Å². The second-order valence-corrected chi connectivity index (χ2v) is 21.8. The van der Waals surface area contributed by atoms with Gasteiger partial charge in [0.05, 0.1) is 62.9 Å². The van der Waals surface area contributed by atoms with Crippen LogP contribution in [0, 0.1) is 11.6 Å². The van der Waals surface area contributed by atoms with Gasteiger partial charge in [-0.05, 0) is 97.8 Å². The van der Waals surface area contributed by atoms with Crippen LogP contribution in [0.4, 0.5) is 20.2 Å². The quantitative estimate of drug-likeness (QED) is 0.0728. The SMILES string of the molecule is C[C@@H]1CN(C[C@@H](O)COc2ccc3c(c2OCCc2ccc(F)cc2)N=C(NC(=O)c2cccnc2)N2CCN=C32)C[C@H](C)O1.O=C(NC1=Nc2c(ccc(OCC(O)CN3CCOCC3)c2OCCc2ccc(F)cc2)C2=NCCN12)c1cccnc1. The number of morpholine rings is 2. The summed E-state index contributed by atoms with van der Waals surface area (Å²) >= 11 is 0. The van der Waals surface area contributed by atoms with Gasteiger partial charge in [0.25, 0.3) is 11.8 Å². The van der Waals surface area contributed by atoms with Crippen LogP contribution in [0.2, 0.25) is 0 Å². The highest BCUT2D eigenvalue weighted by atomic mass is 19.1. The molecule has 0 radical (unpaired) electrons. The number of amides is 2. The number of fused-ring (bicyclic) bond motifs is 6. The van der Waals surface area contributed by atoms with Crippen molar-refractivity contribution in [3.05, 3.63) is 167 Å². The number of nitrogens with one attached hydrogen (secondary N) is 2. The molecule has 24 heteroatoms. The topological polar surface area (TPSA) is 242 Å². The molecule has 2 amide bonds. The fourth-order valence-electron chi connectivity index (χ4n) is 11.0. The van der Waals surface area contributed by atoms with E-state index in [9.17, 15) is 28.6 Å². The summed E-state index contributed by atoms with van der Waals surface area (Å²) in [6.07, 6.45) is 5.92. The van der Waals surface area contributed by atoms with E-state index in [0.29, 0.717) is 134 Å². The van der Waals surface area contributed by atoms with Gasteiger partial charge in [0, 0.05) is 101 Å². The molecule has 4 atom stereocenters. The largest absolute Gasteiger partial charge is 0.487 e. The molecule has 6 aliphatic rings. The number of aliphatic hydroxyl groups is 2. The molecule has 2 aromatic heterocycles. The Hall–Kier alpha value is -8.78. The minimum atomic E-state index is -0.752. The van der Waals surface area contributed by atoms with Gasteiger partial charge in [-0.2, -0.15) is 0 Å². The number of β-amino-alcohol motifs (C(OH)–C–C–N with tert-alkyl or cyclic N) is 2. The summed E-state index contributed by atoms with van der Waals surface area (Å²) in [7, 11) is 0. The van der Waals surface area contributed by atoms with Gasteiger partial charge in [-0.25, -0.2) is 18.8 Å². The number of nitrogens with zero attached hydrogens (tertiary/aromatic N) is 10. The molecule has 12 rings (SSSR count). The summed E-state index contributed by atoms with van der Waals surface area (Å²) < 4.78 is 63.0. The van der Waals surface area contributed by atoms with E-state index in [1.807, 2.05) is 35.8 Å². The second-order valence-electron chi connectivity index (χ2n) is 21.8. The predicted molar refractivity (Wildman–Crippen MR) is 325 cm³/mol. The minimum absolute atomic E-state index is 0.0363. The summed E-state index contributed by atoms with van der Waals surface area (Å²) in [5, 5.41) is 27.4. The number of carbonyl (C=O) groups is 2. The highest BCUT2D eigenvalue weighted by molar-refractivity contribution is 6.21. The average Bonchev–Trinajstić information content (AvgIpc) is 1.85. The van der Waals surface area contributed by atoms with Gasteiger partial charge < -0.3 is 38.6 Å². The van der Waals surface area contributed by atoms with Crippen molar-refractivity contribution in [2.75, 3.05) is 105 Å². The number of pyridine rings is 2. The minimum Gasteiger partial charge on any atom is -0.487 e. The number of aromatic nitrogens is 2. The van der Waals surface area contributed by atoms with E-state index in [1.165, 1.54) is 36.7 Å². The van der Waals surface area contributed by atoms with Gasteiger partial charge in [-0.1, -0.05) is 24.3 Å². The maximum absolute atomic E-state index is 13.5. The monoisotopic (exact) mass is 1200 g/mol. The molecule has 460 valence electrons. The highest BCUT2D eigenvalue weighted by Crippen LogP contribution is 2.45. The van der Waals surface area contributed by atoms with E-state index in [2.05, 4.69) is 35.4 Å². The number of ether oxygens (including phenoxy) is 6. The number of amidine groups is 2. The molecule has 88 heavy (non-hydrogen) atoms. The molecule has 2 fully saturated rings. The third-order valence-electron chi connectivity index (χ3n) is 15.1. The van der Waals surface area contributed by atoms with Gasteiger partial charge in [0.15, 0.2) is 23.0 Å². The first kappa shape index (κ1) is 60.9. The predicted octanol–water partition coefficient (Wildman–Crippen LogP) is 5.59. The van der Waals surface area contributed by atoms with Gasteiger partial charge in [-0.3, -0.25) is 59.8 Å². The zero-order chi connectivity index (χ0) is 60.9. The Morgan fingerprint density at radius 1 is 0.602 bits per heavy atom. The Balaban J connectivity index is 0.000000182. The number of aliphatic imine (C=N–C) groups is 4. The Morgan fingerprint density at radius 3 is 1.50 bits per heavy atom. The normalized spacial score (nSPS) is 18.5. The number of carbonyl (C=O) groups excluding carboxylic acids is 2. The average molecular weight is 1210 g/mol. The summed E-state index contributed by atoms with van der Waals surface area (Å²) in [6, 6.07) is 26.6. The molecule has 0 saturated carbocycles. The van der Waals surface area contributed by atoms with E-state index < -0.39 is 12.2 Å². The van der Waals surface area contributed by atoms with Crippen molar-refractivity contribution in [3.63, 3.8) is 0 Å². The van der Waals surface area contributed by atoms with Crippen LogP contribution in [0.1, 0.15) is 56.8 Å². The lowest BCUT2D eigenvalue weighted by atomic mass is 10.1. The number of hydrogen-bond acceptors (Lipinski definition) is 20. The Kier molecular flexibility index (Phi) is 19.9. The van der Waals surface area contributed by atoms with Crippen molar-refractivity contribution in [3.8, 4) is 23.0 Å². The summed E-state index contributed by atoms with van der Waals surface area (Å²) in [5.74, 6) is 2.26. The number of hydrogen-bond donors (Lipinski definition) is 4. The van der Waals surface area contributed by atoms with Crippen molar-refractivity contribution in [2.24, 2.45) is 20.0 Å². The van der Waals surface area contributed by atoms with Gasteiger partial charge >= 0.3 is 0 Å². The summed E-state index contributed by atoms with van der Waals surface area (Å²) in [5.41, 5.74) is 5.04. The molecule has 0 aliphatic carbocycles. The zero-order valence-corrected chi connectivity index (χ0v) is 49.0. The van der Waals surface area contributed by atoms with Crippen LogP contribution in [0.15, 0.2) is 142 Å². The molecule has 4 N–H and O–H groups in total. The van der Waals surface area contributed by atoms with Crippen molar-refractivity contribution < 1.29 is 57.0 Å². The van der Waals surface area contributed by atoms with Crippen molar-refractivity contribution in [1.82, 2.24) is 40.2 Å². The molecule has 6 aliphatic heterocycles. The van der Waals surface area contributed by atoms with Crippen LogP contribution in [0.3, 0.4) is 0 Å². The molecule has 2 saturated heterocycles. The zero-order valence-electron chi connectivity index (χ0n) is 49.0. The maximum Gasteiger partial charge on any atom is 0.259 e. The van der Waals surface area contributed by atoms with Crippen LogP contribution >= 0.6 is 0 Å². The molecule has 22 nitrogen and oxygen atoms in total. The molecule has 8 heterocycles. The first-order valence-corrected chi connectivity index (χ1v) is 29.5. The molecular weight excluding hydrogens is 1130 g/mol. The summed E-state index contributed by atoms with van der Waals surface area (Å²) in [4.78, 5) is 61.3. The molecule has 0 spiro atoms. The molecule has 1 unspecified atom stereocenters. The van der Waals surface area contributed by atoms with Gasteiger partial charge in [-0.15, -0.1) is 0 Å². The van der Waals surface area contributed by atoms with E-state index in [4.69, 9.17) is 43.4 Å². The van der Waals surface area contributed by atoms with Crippen LogP contribution in [0.25, 0.3) is 0 Å². The first-order chi connectivity index (χ1) is 42.9. The fourth-order valence-corrected chi connectivity index (χ4v) is 11.0. The molecular formula is C64H70F2N12O10. The smallest absolute Gasteiger partial charge is 0.259 e. The van der Waals surface area contributed by atoms with Crippen LogP contribution in [0.5, 0.6) is 23.0 Å². The van der Waals surface area contributed by atoms with Crippen molar-refractivity contribution >= 4 is 46.8 Å². The van der Waals surface area contributed by atoms with Crippen LogP contribution < -0.4 is 29.6 Å². The number of guanidine groups is 2. The van der Waals surface area contributed by atoms with Crippen LogP contribution in [-0.2, 0) is 22.3 Å². The van der Waals surface area contributed by atoms with Crippen LogP contribution in [-0.4, -0.2) is 205 Å². The number of halogens is 2. The third kappa shape index (κ3) is 15.3. The van der Waals surface area contributed by atoms with E-state index in [-0.39, 0.29) is 62.1 Å². The maximum atomic E-state index is 13.5. The Labute approximate surface area is 508 Å². The number of rotatable bonds is 20. The van der Waals surface area contributed by atoms with E-state index in [1.54, 1.807) is 73.1 Å². The lowest BCUT2D eigenvalue weighted by Crippen LogP contribution is -2.48. The lowest BCUT2D eigenvalue weighted by Gasteiger charge is -2.36.